The van der Waals surface area contributed by atoms with Gasteiger partial charge in [-0.05, 0) is 25.7 Å². The van der Waals surface area contributed by atoms with Gasteiger partial charge in [0.15, 0.2) is 0 Å². The van der Waals surface area contributed by atoms with Crippen LogP contribution < -0.4 is 10.6 Å². The predicted octanol–water partition coefficient (Wildman–Crippen LogP) is 1.10. The van der Waals surface area contributed by atoms with Gasteiger partial charge < -0.3 is 10.6 Å². The maximum atomic E-state index is 11.9. The average Bonchev–Trinajstić information content (AvgIpc) is 2.30. The highest BCUT2D eigenvalue weighted by molar-refractivity contribution is 5.88. The topological polar surface area (TPSA) is 58.2 Å². The Kier molecular flexibility index (Phi) is 3.80. The molecule has 0 aromatic rings. The van der Waals surface area contributed by atoms with E-state index >= 15 is 0 Å². The van der Waals surface area contributed by atoms with Gasteiger partial charge in [0.25, 0.3) is 0 Å². The largest absolute Gasteiger partial charge is 0.352 e. The van der Waals surface area contributed by atoms with Crippen molar-refractivity contribution < 1.29 is 9.59 Å². The number of hydrogen-bond acceptors (Lipinski definition) is 2. The Hall–Kier alpha value is -1.06. The Bertz CT molecular complexity index is 272. The summed E-state index contributed by atoms with van der Waals surface area (Å²) in [6.45, 7) is 0. The van der Waals surface area contributed by atoms with E-state index in [0.717, 1.165) is 25.7 Å². The third kappa shape index (κ3) is 2.97. The summed E-state index contributed by atoms with van der Waals surface area (Å²) in [5.41, 5.74) is 0. The molecule has 4 nitrogen and oxygen atoms in total. The van der Waals surface area contributed by atoms with Crippen molar-refractivity contribution in [2.24, 2.45) is 0 Å². The van der Waals surface area contributed by atoms with Crippen LogP contribution in [0.5, 0.6) is 0 Å². The molecule has 0 radical (unpaired) electrons. The highest BCUT2D eigenvalue weighted by Gasteiger charge is 2.26. The molecule has 4 heteroatoms. The molecule has 2 N–H and O–H groups in total. The summed E-state index contributed by atoms with van der Waals surface area (Å²) in [5, 5.41) is 5.81. The average molecular weight is 224 g/mol. The van der Waals surface area contributed by atoms with Crippen LogP contribution in [0, 0.1) is 0 Å². The normalized spacial score (nSPS) is 27.2. The van der Waals surface area contributed by atoms with Crippen LogP contribution >= 0.6 is 0 Å². The Morgan fingerprint density at radius 1 is 1.12 bits per heavy atom. The van der Waals surface area contributed by atoms with E-state index in [1.54, 1.807) is 0 Å². The summed E-state index contributed by atoms with van der Waals surface area (Å²) in [4.78, 5) is 23.1. The third-order valence-corrected chi connectivity index (χ3v) is 3.50. The van der Waals surface area contributed by atoms with E-state index in [2.05, 4.69) is 10.6 Å². The van der Waals surface area contributed by atoms with Gasteiger partial charge in [0.2, 0.25) is 11.8 Å². The third-order valence-electron chi connectivity index (χ3n) is 3.50. The summed E-state index contributed by atoms with van der Waals surface area (Å²) in [6.07, 6.45) is 8.06. The van der Waals surface area contributed by atoms with Crippen molar-refractivity contribution in [2.45, 2.75) is 63.5 Å². The second-order valence-electron chi connectivity index (χ2n) is 4.86. The highest BCUT2D eigenvalue weighted by atomic mass is 16.2. The molecule has 0 bridgehead atoms. The van der Waals surface area contributed by atoms with Crippen molar-refractivity contribution in [3.63, 3.8) is 0 Å². The van der Waals surface area contributed by atoms with Gasteiger partial charge in [-0.2, -0.15) is 0 Å². The monoisotopic (exact) mass is 224 g/mol. The molecule has 0 unspecified atom stereocenters. The molecule has 2 fully saturated rings. The van der Waals surface area contributed by atoms with Crippen molar-refractivity contribution >= 4 is 11.8 Å². The molecule has 90 valence electrons. The Balaban J connectivity index is 1.79. The zero-order valence-corrected chi connectivity index (χ0v) is 9.63. The molecule has 1 heterocycles. The van der Waals surface area contributed by atoms with Gasteiger partial charge in [-0.3, -0.25) is 9.59 Å². The van der Waals surface area contributed by atoms with Crippen LogP contribution in [0.1, 0.15) is 51.4 Å². The van der Waals surface area contributed by atoms with Crippen molar-refractivity contribution in [3.05, 3.63) is 0 Å². The first-order chi connectivity index (χ1) is 7.75. The second-order valence-corrected chi connectivity index (χ2v) is 4.86. The van der Waals surface area contributed by atoms with Crippen LogP contribution in [0.3, 0.4) is 0 Å². The zero-order valence-electron chi connectivity index (χ0n) is 9.63. The van der Waals surface area contributed by atoms with Crippen molar-refractivity contribution in [1.29, 1.82) is 0 Å². The predicted molar refractivity (Wildman–Crippen MR) is 60.8 cm³/mol. The van der Waals surface area contributed by atoms with Crippen molar-refractivity contribution in [3.8, 4) is 0 Å². The van der Waals surface area contributed by atoms with Crippen LogP contribution in [-0.2, 0) is 9.59 Å². The van der Waals surface area contributed by atoms with Gasteiger partial charge in [0.05, 0.1) is 0 Å². The van der Waals surface area contributed by atoms with E-state index in [-0.39, 0.29) is 17.9 Å². The quantitative estimate of drug-likeness (QED) is 0.738. The van der Waals surface area contributed by atoms with E-state index in [9.17, 15) is 9.59 Å². The molecule has 2 amide bonds. The minimum absolute atomic E-state index is 0.00930. The molecule has 1 saturated heterocycles. The highest BCUT2D eigenvalue weighted by Crippen LogP contribution is 2.18. The molecule has 1 atom stereocenters. The number of carbonyl (C=O) groups is 2. The Morgan fingerprint density at radius 2 is 1.88 bits per heavy atom. The molecule has 16 heavy (non-hydrogen) atoms. The summed E-state index contributed by atoms with van der Waals surface area (Å²) < 4.78 is 0. The molecular formula is C12H20N2O2. The maximum Gasteiger partial charge on any atom is 0.242 e. The number of rotatable bonds is 2. The van der Waals surface area contributed by atoms with Crippen LogP contribution in [0.25, 0.3) is 0 Å². The zero-order chi connectivity index (χ0) is 11.4. The maximum absolute atomic E-state index is 11.9. The molecule has 0 aromatic heterocycles. The van der Waals surface area contributed by atoms with E-state index in [1.807, 2.05) is 0 Å². The number of carbonyl (C=O) groups excluding carboxylic acids is 2. The standard InChI is InChI=1S/C12H20N2O2/c15-11-8-4-7-10(14-11)12(16)13-9-5-2-1-3-6-9/h9-10H,1-8H2,(H,13,16)(H,14,15)/t10-/m1/s1. The first-order valence-electron chi connectivity index (χ1n) is 6.35. The van der Waals surface area contributed by atoms with Crippen LogP contribution in [0.2, 0.25) is 0 Å². The fraction of sp³-hybridized carbons (Fsp3) is 0.833. The van der Waals surface area contributed by atoms with Gasteiger partial charge in [0.1, 0.15) is 6.04 Å². The van der Waals surface area contributed by atoms with Gasteiger partial charge >= 0.3 is 0 Å². The number of piperidine rings is 1. The van der Waals surface area contributed by atoms with E-state index in [4.69, 9.17) is 0 Å². The van der Waals surface area contributed by atoms with Crippen molar-refractivity contribution in [2.75, 3.05) is 0 Å². The molecule has 1 saturated carbocycles. The summed E-state index contributed by atoms with van der Waals surface area (Å²) in [5.74, 6) is 0.0231. The van der Waals surface area contributed by atoms with Crippen molar-refractivity contribution in [1.82, 2.24) is 10.6 Å². The number of hydrogen-bond donors (Lipinski definition) is 2. The number of nitrogens with one attached hydrogen (secondary N) is 2. The van der Waals surface area contributed by atoms with E-state index in [1.165, 1.54) is 19.3 Å². The van der Waals surface area contributed by atoms with Gasteiger partial charge in [-0.1, -0.05) is 19.3 Å². The summed E-state index contributed by atoms with van der Waals surface area (Å²) >= 11 is 0. The molecule has 1 aliphatic carbocycles. The second kappa shape index (κ2) is 5.32. The minimum atomic E-state index is -0.289. The lowest BCUT2D eigenvalue weighted by Crippen LogP contribution is -2.51. The Labute approximate surface area is 96.2 Å². The van der Waals surface area contributed by atoms with Crippen LogP contribution in [0.4, 0.5) is 0 Å². The fourth-order valence-corrected chi connectivity index (χ4v) is 2.55. The number of amides is 2. The van der Waals surface area contributed by atoms with Gasteiger partial charge in [-0.25, -0.2) is 0 Å². The molecule has 1 aliphatic heterocycles. The smallest absolute Gasteiger partial charge is 0.242 e. The fourth-order valence-electron chi connectivity index (χ4n) is 2.55. The summed E-state index contributed by atoms with van der Waals surface area (Å²) in [7, 11) is 0. The summed E-state index contributed by atoms with van der Waals surface area (Å²) in [6, 6.07) is 0.0447. The first-order valence-corrected chi connectivity index (χ1v) is 6.35. The molecule has 2 rings (SSSR count). The molecule has 0 aromatic carbocycles. The SMILES string of the molecule is O=C1CCC[C@H](C(=O)NC2CCCCC2)N1. The molecular weight excluding hydrogens is 204 g/mol. The first kappa shape index (κ1) is 11.4. The van der Waals surface area contributed by atoms with Gasteiger partial charge in [0, 0.05) is 12.5 Å². The lowest BCUT2D eigenvalue weighted by Gasteiger charge is -2.27. The van der Waals surface area contributed by atoms with E-state index < -0.39 is 0 Å². The molecule has 2 aliphatic rings. The van der Waals surface area contributed by atoms with Gasteiger partial charge in [-0.15, -0.1) is 0 Å². The Morgan fingerprint density at radius 3 is 2.56 bits per heavy atom. The minimum Gasteiger partial charge on any atom is -0.352 e. The van der Waals surface area contributed by atoms with Crippen LogP contribution in [-0.4, -0.2) is 23.9 Å². The van der Waals surface area contributed by atoms with E-state index in [0.29, 0.717) is 12.5 Å². The lowest BCUT2D eigenvalue weighted by molar-refractivity contribution is -0.131. The lowest BCUT2D eigenvalue weighted by atomic mass is 9.95. The molecule has 0 spiro atoms. The van der Waals surface area contributed by atoms with Crippen LogP contribution in [0.15, 0.2) is 0 Å².